The van der Waals surface area contributed by atoms with Crippen molar-refractivity contribution in [3.05, 3.63) is 65.2 Å². The van der Waals surface area contributed by atoms with Crippen molar-refractivity contribution in [3.8, 4) is 22.9 Å². The maximum absolute atomic E-state index is 11.4. The Morgan fingerprint density at radius 1 is 1.16 bits per heavy atom. The summed E-state index contributed by atoms with van der Waals surface area (Å²) in [6, 6.07) is 16.6. The fourth-order valence-electron chi connectivity index (χ4n) is 3.00. The number of hydrogen-bond acceptors (Lipinski definition) is 3. The van der Waals surface area contributed by atoms with Crippen LogP contribution in [0, 0.1) is 11.3 Å². The Labute approximate surface area is 145 Å². The number of ether oxygens (including phenoxy) is 1. The SMILES string of the molecule is CCc1ccc(-c2c(C#N)ccc3ccc(C(=O)O)cc23)c(OC)c1. The van der Waals surface area contributed by atoms with Gasteiger partial charge < -0.3 is 9.84 Å². The molecule has 0 saturated carbocycles. The van der Waals surface area contributed by atoms with Crippen LogP contribution in [-0.4, -0.2) is 18.2 Å². The van der Waals surface area contributed by atoms with Crippen LogP contribution >= 0.6 is 0 Å². The van der Waals surface area contributed by atoms with Gasteiger partial charge in [0.1, 0.15) is 5.75 Å². The van der Waals surface area contributed by atoms with Gasteiger partial charge in [0.05, 0.1) is 24.3 Å². The molecule has 0 aliphatic heterocycles. The summed E-state index contributed by atoms with van der Waals surface area (Å²) in [5.74, 6) is -0.326. The zero-order valence-electron chi connectivity index (χ0n) is 14.0. The van der Waals surface area contributed by atoms with Crippen LogP contribution in [0.25, 0.3) is 21.9 Å². The Morgan fingerprint density at radius 2 is 1.92 bits per heavy atom. The lowest BCUT2D eigenvalue weighted by Gasteiger charge is -2.14. The Kier molecular flexibility index (Phi) is 4.40. The average molecular weight is 331 g/mol. The van der Waals surface area contributed by atoms with Crippen LogP contribution in [0.1, 0.15) is 28.4 Å². The summed E-state index contributed by atoms with van der Waals surface area (Å²) in [7, 11) is 1.60. The molecule has 0 aliphatic rings. The molecule has 3 rings (SSSR count). The number of benzene rings is 3. The van der Waals surface area contributed by atoms with Crippen LogP contribution in [0.15, 0.2) is 48.5 Å². The number of carboxylic acids is 1. The standard InChI is InChI=1S/C21H17NO3/c1-3-13-4-9-17(19(10-13)25-2)20-16(12-22)8-6-14-5-7-15(21(23)24)11-18(14)20/h4-11H,3H2,1-2H3,(H,23,24). The number of carboxylic acid groups (broad SMARTS) is 1. The summed E-state index contributed by atoms with van der Waals surface area (Å²) in [5, 5.41) is 20.5. The summed E-state index contributed by atoms with van der Waals surface area (Å²) in [6.45, 7) is 2.06. The summed E-state index contributed by atoms with van der Waals surface area (Å²) in [4.78, 5) is 11.4. The highest BCUT2D eigenvalue weighted by atomic mass is 16.5. The van der Waals surface area contributed by atoms with Gasteiger partial charge >= 0.3 is 5.97 Å². The number of hydrogen-bond donors (Lipinski definition) is 1. The van der Waals surface area contributed by atoms with Crippen molar-refractivity contribution in [1.29, 1.82) is 5.26 Å². The summed E-state index contributed by atoms with van der Waals surface area (Å²) < 4.78 is 5.54. The first-order valence-corrected chi connectivity index (χ1v) is 7.96. The van der Waals surface area contributed by atoms with Crippen LogP contribution in [0.4, 0.5) is 0 Å². The molecule has 4 nitrogen and oxygen atoms in total. The molecule has 0 aromatic heterocycles. The maximum atomic E-state index is 11.4. The molecule has 0 amide bonds. The quantitative estimate of drug-likeness (QED) is 0.755. The molecule has 0 aliphatic carbocycles. The topological polar surface area (TPSA) is 70.3 Å². The predicted octanol–water partition coefficient (Wildman–Crippen LogP) is 4.65. The van der Waals surface area contributed by atoms with Crippen LogP contribution in [0.2, 0.25) is 0 Å². The molecule has 0 heterocycles. The van der Waals surface area contributed by atoms with E-state index in [0.717, 1.165) is 28.3 Å². The second kappa shape index (κ2) is 6.66. The number of rotatable bonds is 4. The molecule has 0 fully saturated rings. The van der Waals surface area contributed by atoms with Gasteiger partial charge in [-0.25, -0.2) is 4.79 Å². The second-order valence-corrected chi connectivity index (χ2v) is 5.73. The van der Waals surface area contributed by atoms with Gasteiger partial charge in [-0.3, -0.25) is 0 Å². The number of aromatic carboxylic acids is 1. The van der Waals surface area contributed by atoms with Gasteiger partial charge in [-0.2, -0.15) is 5.26 Å². The van der Waals surface area contributed by atoms with Gasteiger partial charge in [0.15, 0.2) is 0 Å². The molecule has 3 aromatic carbocycles. The third-order valence-corrected chi connectivity index (χ3v) is 4.33. The molecule has 0 unspecified atom stereocenters. The lowest BCUT2D eigenvalue weighted by molar-refractivity contribution is 0.0697. The van der Waals surface area contributed by atoms with Crippen molar-refractivity contribution in [1.82, 2.24) is 0 Å². The van der Waals surface area contributed by atoms with E-state index in [2.05, 4.69) is 13.0 Å². The van der Waals surface area contributed by atoms with Gasteiger partial charge in [-0.1, -0.05) is 31.2 Å². The first kappa shape index (κ1) is 16.5. The van der Waals surface area contributed by atoms with Crippen LogP contribution in [0.3, 0.4) is 0 Å². The third-order valence-electron chi connectivity index (χ3n) is 4.33. The first-order valence-electron chi connectivity index (χ1n) is 7.96. The smallest absolute Gasteiger partial charge is 0.335 e. The van der Waals surface area contributed by atoms with Gasteiger partial charge in [-0.15, -0.1) is 0 Å². The van der Waals surface area contributed by atoms with Crippen molar-refractivity contribution in [2.75, 3.05) is 7.11 Å². The van der Waals surface area contributed by atoms with Crippen molar-refractivity contribution in [2.24, 2.45) is 0 Å². The molecule has 0 radical (unpaired) electrons. The minimum absolute atomic E-state index is 0.188. The Hall–Kier alpha value is -3.32. The minimum atomic E-state index is -0.997. The van der Waals surface area contributed by atoms with Crippen LogP contribution in [0.5, 0.6) is 5.75 Å². The largest absolute Gasteiger partial charge is 0.496 e. The van der Waals surface area contributed by atoms with E-state index in [0.29, 0.717) is 16.9 Å². The molecule has 0 saturated heterocycles. The predicted molar refractivity (Wildman–Crippen MR) is 97.0 cm³/mol. The molecular formula is C21H17NO3. The van der Waals surface area contributed by atoms with E-state index in [9.17, 15) is 15.2 Å². The molecule has 25 heavy (non-hydrogen) atoms. The number of aryl methyl sites for hydroxylation is 1. The Balaban J connectivity index is 2.39. The van der Waals surface area contributed by atoms with Crippen LogP contribution in [-0.2, 0) is 6.42 Å². The maximum Gasteiger partial charge on any atom is 0.335 e. The lowest BCUT2D eigenvalue weighted by atomic mass is 9.91. The monoisotopic (exact) mass is 331 g/mol. The molecule has 124 valence electrons. The minimum Gasteiger partial charge on any atom is -0.496 e. The molecule has 0 bridgehead atoms. The molecule has 4 heteroatoms. The van der Waals surface area contributed by atoms with Crippen molar-refractivity contribution < 1.29 is 14.6 Å². The van der Waals surface area contributed by atoms with Gasteiger partial charge in [0, 0.05) is 11.1 Å². The number of nitrogens with zero attached hydrogens (tertiary/aromatic N) is 1. The van der Waals surface area contributed by atoms with E-state index in [-0.39, 0.29) is 5.56 Å². The van der Waals surface area contributed by atoms with E-state index in [1.54, 1.807) is 31.4 Å². The van der Waals surface area contributed by atoms with Crippen molar-refractivity contribution in [2.45, 2.75) is 13.3 Å². The first-order chi connectivity index (χ1) is 12.1. The average Bonchev–Trinajstić information content (AvgIpc) is 2.65. The highest BCUT2D eigenvalue weighted by Gasteiger charge is 2.16. The molecular weight excluding hydrogens is 314 g/mol. The van der Waals surface area contributed by atoms with E-state index in [4.69, 9.17) is 4.74 Å². The normalized spacial score (nSPS) is 10.4. The Morgan fingerprint density at radius 3 is 2.56 bits per heavy atom. The number of carbonyl (C=O) groups is 1. The van der Waals surface area contributed by atoms with Crippen molar-refractivity contribution in [3.63, 3.8) is 0 Å². The van der Waals surface area contributed by atoms with E-state index >= 15 is 0 Å². The number of methoxy groups -OCH3 is 1. The lowest BCUT2D eigenvalue weighted by Crippen LogP contribution is -1.98. The fourth-order valence-corrected chi connectivity index (χ4v) is 3.00. The highest BCUT2D eigenvalue weighted by molar-refractivity contribution is 6.04. The fraction of sp³-hybridized carbons (Fsp3) is 0.143. The van der Waals surface area contributed by atoms with E-state index < -0.39 is 5.97 Å². The molecule has 0 atom stereocenters. The zero-order valence-corrected chi connectivity index (χ0v) is 14.0. The zero-order chi connectivity index (χ0) is 18.0. The molecule has 3 aromatic rings. The molecule has 1 N–H and O–H groups in total. The summed E-state index contributed by atoms with van der Waals surface area (Å²) in [6.07, 6.45) is 0.875. The second-order valence-electron chi connectivity index (χ2n) is 5.73. The number of fused-ring (bicyclic) bond motifs is 1. The third kappa shape index (κ3) is 2.92. The summed E-state index contributed by atoms with van der Waals surface area (Å²) >= 11 is 0. The Bertz CT molecular complexity index is 1020. The van der Waals surface area contributed by atoms with Crippen LogP contribution < -0.4 is 4.74 Å². The highest BCUT2D eigenvalue weighted by Crippen LogP contribution is 2.38. The summed E-state index contributed by atoms with van der Waals surface area (Å²) in [5.41, 5.74) is 3.28. The van der Waals surface area contributed by atoms with E-state index in [1.165, 1.54) is 0 Å². The van der Waals surface area contributed by atoms with E-state index in [1.807, 2.05) is 24.3 Å². The molecule has 0 spiro atoms. The van der Waals surface area contributed by atoms with Gasteiger partial charge in [0.25, 0.3) is 0 Å². The van der Waals surface area contributed by atoms with Gasteiger partial charge in [0.2, 0.25) is 0 Å². The number of nitriles is 1. The van der Waals surface area contributed by atoms with Crippen molar-refractivity contribution >= 4 is 16.7 Å². The van der Waals surface area contributed by atoms with Gasteiger partial charge in [-0.05, 0) is 47.0 Å².